The summed E-state index contributed by atoms with van der Waals surface area (Å²) in [5.41, 5.74) is 3.01. The lowest BCUT2D eigenvalue weighted by molar-refractivity contribution is -0.116. The maximum Gasteiger partial charge on any atom is 0.355 e. The van der Waals surface area contributed by atoms with Gasteiger partial charge in [0.25, 0.3) is 5.91 Å². The maximum absolute atomic E-state index is 13.6. The molecular weight excluding hydrogens is 686 g/mol. The van der Waals surface area contributed by atoms with Crippen molar-refractivity contribution in [3.63, 3.8) is 0 Å². The highest BCUT2D eigenvalue weighted by Gasteiger charge is 2.33. The minimum absolute atomic E-state index is 0.0735. The number of hydrogen-bond acceptors (Lipinski definition) is 11. The monoisotopic (exact) mass is 719 g/mol. The van der Waals surface area contributed by atoms with E-state index >= 15 is 0 Å². The van der Waals surface area contributed by atoms with Gasteiger partial charge in [0.1, 0.15) is 28.7 Å². The van der Waals surface area contributed by atoms with Crippen LogP contribution in [-0.2, 0) is 27.1 Å². The van der Waals surface area contributed by atoms with Gasteiger partial charge in [-0.3, -0.25) is 9.59 Å². The zero-order valence-electron chi connectivity index (χ0n) is 28.2. The van der Waals surface area contributed by atoms with E-state index in [2.05, 4.69) is 25.9 Å². The number of carbonyl (C=O) groups is 4. The van der Waals surface area contributed by atoms with Crippen LogP contribution in [0.3, 0.4) is 0 Å². The van der Waals surface area contributed by atoms with Crippen molar-refractivity contribution in [3.8, 4) is 23.0 Å². The third-order valence-electron chi connectivity index (χ3n) is 8.64. The van der Waals surface area contributed by atoms with Crippen LogP contribution in [0.15, 0.2) is 36.4 Å². The fourth-order valence-corrected chi connectivity index (χ4v) is 6.52. The lowest BCUT2D eigenvalue weighted by Gasteiger charge is -2.16. The van der Waals surface area contributed by atoms with Crippen molar-refractivity contribution in [2.24, 2.45) is 0 Å². The van der Waals surface area contributed by atoms with Crippen molar-refractivity contribution in [2.75, 3.05) is 57.4 Å². The number of hydrogen-bond donors (Lipinski definition) is 6. The van der Waals surface area contributed by atoms with Crippen molar-refractivity contribution in [1.29, 1.82) is 0 Å². The molecule has 5 aromatic rings. The van der Waals surface area contributed by atoms with Crippen LogP contribution in [0, 0.1) is 0 Å². The highest BCUT2D eigenvalue weighted by molar-refractivity contribution is 6.19. The topological polar surface area (TPSA) is 202 Å². The first-order valence-corrected chi connectivity index (χ1v) is 16.1. The van der Waals surface area contributed by atoms with Gasteiger partial charge in [-0.25, -0.2) is 9.59 Å². The van der Waals surface area contributed by atoms with Gasteiger partial charge in [0.2, 0.25) is 11.7 Å². The van der Waals surface area contributed by atoms with Gasteiger partial charge < -0.3 is 54.7 Å². The molecule has 1 atom stereocenters. The molecule has 16 heteroatoms. The van der Waals surface area contributed by atoms with Gasteiger partial charge >= 0.3 is 11.9 Å². The molecule has 0 bridgehead atoms. The molecule has 0 saturated carbocycles. The molecule has 6 N–H and O–H groups in total. The summed E-state index contributed by atoms with van der Waals surface area (Å²) in [5.74, 6) is -1.47. The van der Waals surface area contributed by atoms with E-state index in [0.717, 1.165) is 19.8 Å². The SMILES string of the molecule is COC(=O)c1[nH]c2c(O)cc(NC(=O)c3cc4cc(NC(=O)C5Cc6cc(OC)c(OC)c(OC)c6N5)ccc4[nH]3)c(CCCl)c2c1C(=O)OC. The molecule has 1 aliphatic rings. The second-order valence-corrected chi connectivity index (χ2v) is 11.9. The van der Waals surface area contributed by atoms with Crippen molar-refractivity contribution < 1.29 is 48.0 Å². The van der Waals surface area contributed by atoms with Gasteiger partial charge in [-0.05, 0) is 47.9 Å². The number of esters is 2. The Hall–Kier alpha value is -6.09. The van der Waals surface area contributed by atoms with Crippen LogP contribution in [-0.4, -0.2) is 86.3 Å². The van der Waals surface area contributed by atoms with E-state index in [1.54, 1.807) is 24.3 Å². The number of ether oxygens (including phenoxy) is 5. The molecule has 0 spiro atoms. The summed E-state index contributed by atoms with van der Waals surface area (Å²) in [6, 6.07) is 9.27. The summed E-state index contributed by atoms with van der Waals surface area (Å²) in [4.78, 5) is 58.1. The van der Waals surface area contributed by atoms with Crippen molar-refractivity contribution >= 4 is 74.2 Å². The quantitative estimate of drug-likeness (QED) is 0.0796. The van der Waals surface area contributed by atoms with E-state index < -0.39 is 23.9 Å². The molecule has 15 nitrogen and oxygen atoms in total. The number of rotatable bonds is 11. The Kier molecular flexibility index (Phi) is 9.56. The summed E-state index contributed by atoms with van der Waals surface area (Å²) < 4.78 is 26.2. The maximum atomic E-state index is 13.6. The van der Waals surface area contributed by atoms with Gasteiger partial charge in [0.15, 0.2) is 11.5 Å². The molecule has 1 unspecified atom stereocenters. The number of methoxy groups -OCH3 is 5. The van der Waals surface area contributed by atoms with Crippen molar-refractivity contribution in [1.82, 2.24) is 9.97 Å². The first kappa shape index (κ1) is 34.8. The molecule has 1 aliphatic heterocycles. The predicted octanol–water partition coefficient (Wildman–Crippen LogP) is 4.96. The summed E-state index contributed by atoms with van der Waals surface area (Å²) in [6.07, 6.45) is 0.538. The van der Waals surface area contributed by atoms with E-state index in [-0.39, 0.29) is 57.5 Å². The Labute approximate surface area is 295 Å². The fraction of sp³-hybridized carbons (Fsp3) is 0.257. The van der Waals surface area contributed by atoms with Crippen LogP contribution < -0.4 is 30.2 Å². The van der Waals surface area contributed by atoms with Gasteiger partial charge in [0, 0.05) is 46.0 Å². The van der Waals surface area contributed by atoms with Crippen LogP contribution in [0.2, 0.25) is 0 Å². The van der Waals surface area contributed by atoms with Crippen LogP contribution in [0.25, 0.3) is 21.8 Å². The summed E-state index contributed by atoms with van der Waals surface area (Å²) in [6.45, 7) is 0. The Morgan fingerprint density at radius 1 is 0.902 bits per heavy atom. The normalized spacial score (nSPS) is 13.3. The molecule has 0 radical (unpaired) electrons. The molecule has 0 aliphatic carbocycles. The highest BCUT2D eigenvalue weighted by Crippen LogP contribution is 2.48. The average Bonchev–Trinajstić information content (AvgIpc) is 3.87. The predicted molar refractivity (Wildman–Crippen MR) is 189 cm³/mol. The molecule has 3 aromatic carbocycles. The number of nitrogens with one attached hydrogen (secondary N) is 5. The van der Waals surface area contributed by atoms with E-state index in [1.807, 2.05) is 6.07 Å². The highest BCUT2D eigenvalue weighted by atomic mass is 35.5. The number of aromatic amines is 2. The Morgan fingerprint density at radius 3 is 2.31 bits per heavy atom. The summed E-state index contributed by atoms with van der Waals surface area (Å²) in [5, 5.41) is 20.6. The van der Waals surface area contributed by atoms with Crippen molar-refractivity contribution in [2.45, 2.75) is 18.9 Å². The second kappa shape index (κ2) is 14.0. The summed E-state index contributed by atoms with van der Waals surface area (Å²) in [7, 11) is 6.85. The minimum atomic E-state index is -0.854. The molecule has 0 fully saturated rings. The number of benzene rings is 3. The number of alkyl halides is 1. The van der Waals surface area contributed by atoms with Gasteiger partial charge in [0.05, 0.1) is 46.8 Å². The van der Waals surface area contributed by atoms with Gasteiger partial charge in [-0.15, -0.1) is 11.6 Å². The first-order chi connectivity index (χ1) is 24.6. The third kappa shape index (κ3) is 6.16. The van der Waals surface area contributed by atoms with E-state index in [0.29, 0.717) is 51.5 Å². The lowest BCUT2D eigenvalue weighted by Crippen LogP contribution is -2.32. The number of aromatic nitrogens is 2. The van der Waals surface area contributed by atoms with E-state index in [1.165, 1.54) is 27.4 Å². The third-order valence-corrected chi connectivity index (χ3v) is 8.83. The molecular formula is C35H34ClN5O10. The number of anilines is 3. The van der Waals surface area contributed by atoms with E-state index in [4.69, 9.17) is 35.3 Å². The standard InChI is InChI=1S/C35H34ClN5O10/c1-47-24-13-16-12-22(39-27(16)31(49-3)30(24)48-2)32(43)37-17-6-7-19-15(10-17)11-21(38-19)33(44)40-20-14-23(42)28-25(18(20)8-9-36)26(34(45)50-4)29(41-28)35(46)51-5/h6-7,10-11,13-14,22,38-39,41-42H,8-9,12H2,1-5H3,(H,37,43)(H,40,44). The number of H-pyrrole nitrogens is 2. The number of phenols is 1. The fourth-order valence-electron chi connectivity index (χ4n) is 6.33. The molecule has 6 rings (SSSR count). The average molecular weight is 720 g/mol. The zero-order chi connectivity index (χ0) is 36.6. The number of halogens is 1. The first-order valence-electron chi connectivity index (χ1n) is 15.5. The van der Waals surface area contributed by atoms with Crippen LogP contribution in [0.5, 0.6) is 23.0 Å². The second-order valence-electron chi connectivity index (χ2n) is 11.5. The van der Waals surface area contributed by atoms with Crippen LogP contribution in [0.1, 0.15) is 42.5 Å². The van der Waals surface area contributed by atoms with Crippen LogP contribution in [0.4, 0.5) is 17.1 Å². The Bertz CT molecular complexity index is 2230. The number of carbonyl (C=O) groups excluding carboxylic acids is 4. The van der Waals surface area contributed by atoms with Gasteiger partial charge in [-0.1, -0.05) is 0 Å². The number of aromatic hydroxyl groups is 1. The molecule has 3 heterocycles. The van der Waals surface area contributed by atoms with Crippen LogP contribution >= 0.6 is 11.6 Å². The zero-order valence-corrected chi connectivity index (χ0v) is 28.9. The molecule has 266 valence electrons. The van der Waals surface area contributed by atoms with Gasteiger partial charge in [-0.2, -0.15) is 0 Å². The number of phenolic OH excluding ortho intramolecular Hbond substituents is 1. The molecule has 51 heavy (non-hydrogen) atoms. The molecule has 2 amide bonds. The van der Waals surface area contributed by atoms with Crippen molar-refractivity contribution in [3.05, 3.63) is 64.5 Å². The summed E-state index contributed by atoms with van der Waals surface area (Å²) >= 11 is 6.12. The number of aryl methyl sites for hydroxylation is 1. The minimum Gasteiger partial charge on any atom is -0.506 e. The molecule has 2 aromatic heterocycles. The molecule has 0 saturated heterocycles. The Balaban J connectivity index is 1.25. The van der Waals surface area contributed by atoms with E-state index in [9.17, 15) is 24.3 Å². The number of amides is 2. The smallest absolute Gasteiger partial charge is 0.355 e. The largest absolute Gasteiger partial charge is 0.506 e. The Morgan fingerprint density at radius 2 is 1.65 bits per heavy atom. The number of fused-ring (bicyclic) bond motifs is 3. The lowest BCUT2D eigenvalue weighted by atomic mass is 9.99.